The van der Waals surface area contributed by atoms with Crippen molar-refractivity contribution in [3.63, 3.8) is 0 Å². The van der Waals surface area contributed by atoms with Gasteiger partial charge in [0.1, 0.15) is 10.6 Å². The second-order valence-electron chi connectivity index (χ2n) is 4.36. The summed E-state index contributed by atoms with van der Waals surface area (Å²) in [6.45, 7) is 1.80. The molecule has 0 unspecified atom stereocenters. The third-order valence-electron chi connectivity index (χ3n) is 2.86. The zero-order valence-electron chi connectivity index (χ0n) is 11.4. The molecule has 0 atom stereocenters. The van der Waals surface area contributed by atoms with Gasteiger partial charge in [0.05, 0.1) is 17.8 Å². The maximum absolute atomic E-state index is 12.4. The van der Waals surface area contributed by atoms with Crippen LogP contribution >= 0.6 is 27.5 Å². The molecule has 0 aromatic heterocycles. The van der Waals surface area contributed by atoms with Crippen molar-refractivity contribution in [3.05, 3.63) is 51.5 Å². The van der Waals surface area contributed by atoms with Crippen LogP contribution in [-0.2, 0) is 10.0 Å². The Kier molecular flexibility index (Phi) is 4.81. The fraction of sp³-hybridized carbons (Fsp3) is 0.143. The second kappa shape index (κ2) is 6.25. The second-order valence-corrected chi connectivity index (χ2v) is 7.33. The molecule has 0 saturated carbocycles. The van der Waals surface area contributed by atoms with Crippen LogP contribution in [0.5, 0.6) is 5.75 Å². The molecule has 0 spiro atoms. The Bertz CT molecular complexity index is 778. The van der Waals surface area contributed by atoms with Crippen LogP contribution in [0.25, 0.3) is 0 Å². The van der Waals surface area contributed by atoms with Gasteiger partial charge in [0, 0.05) is 4.47 Å². The zero-order valence-corrected chi connectivity index (χ0v) is 14.5. The summed E-state index contributed by atoms with van der Waals surface area (Å²) < 4.78 is 33.1. The fourth-order valence-electron chi connectivity index (χ4n) is 1.77. The summed E-state index contributed by atoms with van der Waals surface area (Å²) in [5.41, 5.74) is 1.24. The minimum Gasteiger partial charge on any atom is -0.497 e. The van der Waals surface area contributed by atoms with Crippen molar-refractivity contribution in [1.29, 1.82) is 0 Å². The summed E-state index contributed by atoms with van der Waals surface area (Å²) in [5, 5.41) is 0.156. The molecule has 2 rings (SSSR count). The van der Waals surface area contributed by atoms with Crippen LogP contribution in [0.4, 0.5) is 5.69 Å². The molecule has 7 heteroatoms. The van der Waals surface area contributed by atoms with Gasteiger partial charge in [-0.15, -0.1) is 0 Å². The molecule has 2 aromatic rings. The summed E-state index contributed by atoms with van der Waals surface area (Å²) in [5.74, 6) is 0.664. The van der Waals surface area contributed by atoms with E-state index < -0.39 is 10.0 Å². The third-order valence-corrected chi connectivity index (χ3v) is 5.20. The number of hydrogen-bond donors (Lipinski definition) is 1. The van der Waals surface area contributed by atoms with Crippen molar-refractivity contribution in [2.45, 2.75) is 11.8 Å². The minimum absolute atomic E-state index is 0.0302. The molecular formula is C14H13BrClNO3S. The van der Waals surface area contributed by atoms with E-state index in [1.807, 2.05) is 0 Å². The summed E-state index contributed by atoms with van der Waals surface area (Å²) in [6.07, 6.45) is 0. The molecule has 2 aromatic carbocycles. The highest BCUT2D eigenvalue weighted by Crippen LogP contribution is 2.28. The van der Waals surface area contributed by atoms with Crippen LogP contribution in [0.3, 0.4) is 0 Å². The topological polar surface area (TPSA) is 55.4 Å². The first-order valence-corrected chi connectivity index (χ1v) is 8.61. The lowest BCUT2D eigenvalue weighted by atomic mass is 10.2. The highest BCUT2D eigenvalue weighted by Gasteiger charge is 2.19. The van der Waals surface area contributed by atoms with Crippen molar-refractivity contribution in [3.8, 4) is 5.75 Å². The number of hydrogen-bond acceptors (Lipinski definition) is 3. The first kappa shape index (κ1) is 16.1. The molecule has 0 fully saturated rings. The van der Waals surface area contributed by atoms with Crippen LogP contribution in [-0.4, -0.2) is 15.5 Å². The summed E-state index contributed by atoms with van der Waals surface area (Å²) in [4.78, 5) is 0.0302. The molecule has 21 heavy (non-hydrogen) atoms. The molecule has 0 bridgehead atoms. The van der Waals surface area contributed by atoms with Gasteiger partial charge < -0.3 is 4.74 Å². The van der Waals surface area contributed by atoms with E-state index in [4.69, 9.17) is 16.3 Å². The van der Waals surface area contributed by atoms with E-state index >= 15 is 0 Å². The lowest BCUT2D eigenvalue weighted by molar-refractivity contribution is 0.414. The number of aryl methyl sites for hydroxylation is 1. The van der Waals surface area contributed by atoms with E-state index in [2.05, 4.69) is 20.7 Å². The Hall–Kier alpha value is -1.24. The molecule has 0 heterocycles. The van der Waals surface area contributed by atoms with Gasteiger partial charge in [0.15, 0.2) is 0 Å². The van der Waals surface area contributed by atoms with Gasteiger partial charge in [-0.05, 0) is 48.9 Å². The largest absolute Gasteiger partial charge is 0.497 e. The van der Waals surface area contributed by atoms with E-state index in [-0.39, 0.29) is 9.92 Å². The van der Waals surface area contributed by atoms with Crippen molar-refractivity contribution >= 4 is 43.2 Å². The van der Waals surface area contributed by atoms with Crippen molar-refractivity contribution in [2.24, 2.45) is 0 Å². The lowest BCUT2D eigenvalue weighted by Gasteiger charge is -2.12. The Morgan fingerprint density at radius 1 is 1.19 bits per heavy atom. The van der Waals surface area contributed by atoms with Gasteiger partial charge in [-0.25, -0.2) is 8.42 Å². The number of anilines is 1. The van der Waals surface area contributed by atoms with Gasteiger partial charge in [0.2, 0.25) is 0 Å². The van der Waals surface area contributed by atoms with E-state index in [1.54, 1.807) is 38.3 Å². The molecule has 0 radical (unpaired) electrons. The lowest BCUT2D eigenvalue weighted by Crippen LogP contribution is -2.14. The van der Waals surface area contributed by atoms with E-state index in [9.17, 15) is 8.42 Å². The number of rotatable bonds is 4. The SMILES string of the molecule is COc1ccc(NS(=O)(=O)c2ccc(Br)cc2Cl)c(C)c1. The van der Waals surface area contributed by atoms with Crippen molar-refractivity contribution < 1.29 is 13.2 Å². The van der Waals surface area contributed by atoms with Gasteiger partial charge in [0.25, 0.3) is 10.0 Å². The fourth-order valence-corrected chi connectivity index (χ4v) is 3.94. The summed E-state index contributed by atoms with van der Waals surface area (Å²) in [6, 6.07) is 9.71. The number of nitrogens with one attached hydrogen (secondary N) is 1. The number of halogens is 2. The van der Waals surface area contributed by atoms with Gasteiger partial charge in [-0.1, -0.05) is 27.5 Å². The first-order chi connectivity index (χ1) is 9.83. The molecule has 4 nitrogen and oxygen atoms in total. The van der Waals surface area contributed by atoms with E-state index in [0.29, 0.717) is 15.9 Å². The van der Waals surface area contributed by atoms with Crippen LogP contribution in [0.2, 0.25) is 5.02 Å². The standard InChI is InChI=1S/C14H13BrClNO3S/c1-9-7-11(20-2)4-5-13(9)17-21(18,19)14-6-3-10(15)8-12(14)16/h3-8,17H,1-2H3. The predicted molar refractivity (Wildman–Crippen MR) is 87.7 cm³/mol. The van der Waals surface area contributed by atoms with E-state index in [0.717, 1.165) is 5.56 Å². The normalized spacial score (nSPS) is 11.2. The molecular weight excluding hydrogens is 378 g/mol. The average molecular weight is 391 g/mol. The molecule has 1 N–H and O–H groups in total. The van der Waals surface area contributed by atoms with E-state index in [1.165, 1.54) is 12.1 Å². The molecule has 0 amide bonds. The summed E-state index contributed by atoms with van der Waals surface area (Å²) >= 11 is 9.24. The summed E-state index contributed by atoms with van der Waals surface area (Å²) in [7, 11) is -2.19. The highest BCUT2D eigenvalue weighted by atomic mass is 79.9. The molecule has 0 aliphatic rings. The monoisotopic (exact) mass is 389 g/mol. The maximum Gasteiger partial charge on any atom is 0.263 e. The quantitative estimate of drug-likeness (QED) is 0.850. The van der Waals surface area contributed by atoms with Gasteiger partial charge in [-0.2, -0.15) is 0 Å². The van der Waals surface area contributed by atoms with Crippen LogP contribution < -0.4 is 9.46 Å². The van der Waals surface area contributed by atoms with Crippen LogP contribution in [0.1, 0.15) is 5.56 Å². The average Bonchev–Trinajstić information content (AvgIpc) is 2.40. The Labute approximate surface area is 137 Å². The Morgan fingerprint density at radius 3 is 2.48 bits per heavy atom. The molecule has 0 aliphatic carbocycles. The minimum atomic E-state index is -3.75. The maximum atomic E-state index is 12.4. The predicted octanol–water partition coefficient (Wildman–Crippen LogP) is 4.22. The zero-order chi connectivity index (χ0) is 15.6. The smallest absolute Gasteiger partial charge is 0.263 e. The van der Waals surface area contributed by atoms with Crippen LogP contribution in [0, 0.1) is 6.92 Å². The number of ether oxygens (including phenoxy) is 1. The third kappa shape index (κ3) is 3.70. The highest BCUT2D eigenvalue weighted by molar-refractivity contribution is 9.10. The Morgan fingerprint density at radius 2 is 1.90 bits per heavy atom. The molecule has 0 saturated heterocycles. The van der Waals surface area contributed by atoms with Crippen molar-refractivity contribution in [2.75, 3.05) is 11.8 Å². The molecule has 0 aliphatic heterocycles. The van der Waals surface area contributed by atoms with Gasteiger partial charge in [-0.3, -0.25) is 4.72 Å². The number of benzene rings is 2. The van der Waals surface area contributed by atoms with Crippen molar-refractivity contribution in [1.82, 2.24) is 0 Å². The van der Waals surface area contributed by atoms with Gasteiger partial charge >= 0.3 is 0 Å². The van der Waals surface area contributed by atoms with Crippen LogP contribution in [0.15, 0.2) is 45.8 Å². The first-order valence-electron chi connectivity index (χ1n) is 5.96. The Balaban J connectivity index is 2.37. The molecule has 112 valence electrons. The number of sulfonamides is 1. The number of methoxy groups -OCH3 is 1.